The third-order valence-corrected chi connectivity index (χ3v) is 3.10. The number of carbonyl (C=O) groups excluding carboxylic acids is 1. The minimum Gasteiger partial charge on any atom is -0.321 e. The molecule has 97 valence electrons. The number of carbonyl (C=O) groups is 1. The van der Waals surface area contributed by atoms with Gasteiger partial charge in [-0.05, 0) is 36.1 Å². The van der Waals surface area contributed by atoms with E-state index in [0.29, 0.717) is 5.69 Å². The maximum absolute atomic E-state index is 12.3. The second kappa shape index (κ2) is 5.13. The van der Waals surface area contributed by atoms with E-state index in [1.54, 1.807) is 6.20 Å². The standard InChI is InChI=1S/C17H13N2O/c1-12-6-8-14(9-7-12)19-17(20)16-15-5-3-2-4-13(15)10-11-18-16/h2-11H,1H2,(H,19,20). The van der Waals surface area contributed by atoms with E-state index in [1.165, 1.54) is 0 Å². The summed E-state index contributed by atoms with van der Waals surface area (Å²) in [6.07, 6.45) is 1.65. The summed E-state index contributed by atoms with van der Waals surface area (Å²) in [7, 11) is 0. The van der Waals surface area contributed by atoms with Gasteiger partial charge in [0.1, 0.15) is 5.69 Å². The fourth-order valence-corrected chi connectivity index (χ4v) is 2.08. The number of amides is 1. The predicted molar refractivity (Wildman–Crippen MR) is 80.6 cm³/mol. The highest BCUT2D eigenvalue weighted by Gasteiger charge is 2.11. The van der Waals surface area contributed by atoms with Crippen LogP contribution in [0.1, 0.15) is 16.1 Å². The Bertz CT molecular complexity index is 758. The van der Waals surface area contributed by atoms with Crippen molar-refractivity contribution in [3.05, 3.63) is 79.0 Å². The Morgan fingerprint density at radius 3 is 2.55 bits per heavy atom. The first-order valence-electron chi connectivity index (χ1n) is 6.31. The lowest BCUT2D eigenvalue weighted by molar-refractivity contribution is 0.102. The molecule has 1 heterocycles. The van der Waals surface area contributed by atoms with Crippen molar-refractivity contribution in [3.8, 4) is 0 Å². The van der Waals surface area contributed by atoms with E-state index >= 15 is 0 Å². The fourth-order valence-electron chi connectivity index (χ4n) is 2.08. The molecule has 0 atom stereocenters. The van der Waals surface area contributed by atoms with E-state index in [9.17, 15) is 4.79 Å². The van der Waals surface area contributed by atoms with Crippen LogP contribution in [-0.4, -0.2) is 10.9 Å². The molecule has 1 N–H and O–H groups in total. The van der Waals surface area contributed by atoms with Gasteiger partial charge in [-0.15, -0.1) is 0 Å². The fraction of sp³-hybridized carbons (Fsp3) is 0. The van der Waals surface area contributed by atoms with Gasteiger partial charge >= 0.3 is 0 Å². The Labute approximate surface area is 117 Å². The molecular weight excluding hydrogens is 248 g/mol. The van der Waals surface area contributed by atoms with E-state index in [4.69, 9.17) is 0 Å². The molecular formula is C17H13N2O. The molecule has 0 bridgehead atoms. The first-order chi connectivity index (χ1) is 9.74. The first kappa shape index (κ1) is 12.4. The van der Waals surface area contributed by atoms with Gasteiger partial charge in [-0.25, -0.2) is 0 Å². The third kappa shape index (κ3) is 2.38. The zero-order chi connectivity index (χ0) is 13.9. The lowest BCUT2D eigenvalue weighted by Gasteiger charge is -2.07. The molecule has 0 unspecified atom stereocenters. The second-order valence-electron chi connectivity index (χ2n) is 4.53. The summed E-state index contributed by atoms with van der Waals surface area (Å²) >= 11 is 0. The van der Waals surface area contributed by atoms with Gasteiger partial charge in [0, 0.05) is 17.3 Å². The molecule has 3 aromatic rings. The number of anilines is 1. The summed E-state index contributed by atoms with van der Waals surface area (Å²) in [5.74, 6) is -0.210. The molecule has 0 spiro atoms. The van der Waals surface area contributed by atoms with Crippen molar-refractivity contribution < 1.29 is 4.79 Å². The van der Waals surface area contributed by atoms with Gasteiger partial charge in [0.2, 0.25) is 0 Å². The Balaban J connectivity index is 1.94. The van der Waals surface area contributed by atoms with Crippen molar-refractivity contribution in [2.24, 2.45) is 0 Å². The van der Waals surface area contributed by atoms with Gasteiger partial charge in [-0.1, -0.05) is 36.4 Å². The molecule has 1 amide bonds. The van der Waals surface area contributed by atoms with E-state index < -0.39 is 0 Å². The molecule has 1 aromatic heterocycles. The number of fused-ring (bicyclic) bond motifs is 1. The monoisotopic (exact) mass is 261 g/mol. The number of aromatic nitrogens is 1. The Morgan fingerprint density at radius 2 is 1.75 bits per heavy atom. The number of hydrogen-bond donors (Lipinski definition) is 1. The lowest BCUT2D eigenvalue weighted by atomic mass is 10.1. The van der Waals surface area contributed by atoms with Crippen LogP contribution in [0, 0.1) is 6.92 Å². The SMILES string of the molecule is [CH2]c1ccc(NC(=O)c2nccc3ccccc23)cc1. The molecule has 0 aliphatic carbocycles. The molecule has 0 saturated carbocycles. The zero-order valence-corrected chi connectivity index (χ0v) is 10.8. The summed E-state index contributed by atoms with van der Waals surface area (Å²) in [6, 6.07) is 17.0. The molecule has 20 heavy (non-hydrogen) atoms. The van der Waals surface area contributed by atoms with Crippen LogP contribution in [0.3, 0.4) is 0 Å². The number of rotatable bonds is 2. The molecule has 1 radical (unpaired) electrons. The van der Waals surface area contributed by atoms with E-state index in [0.717, 1.165) is 22.0 Å². The van der Waals surface area contributed by atoms with Crippen molar-refractivity contribution in [2.75, 3.05) is 5.32 Å². The second-order valence-corrected chi connectivity index (χ2v) is 4.53. The lowest BCUT2D eigenvalue weighted by Crippen LogP contribution is -2.14. The van der Waals surface area contributed by atoms with Gasteiger partial charge < -0.3 is 5.32 Å². The summed E-state index contributed by atoms with van der Waals surface area (Å²) in [5, 5.41) is 4.70. The van der Waals surface area contributed by atoms with Gasteiger partial charge in [0.15, 0.2) is 0 Å². The van der Waals surface area contributed by atoms with Crippen LogP contribution in [0.25, 0.3) is 10.8 Å². The summed E-state index contributed by atoms with van der Waals surface area (Å²) in [4.78, 5) is 16.5. The normalized spacial score (nSPS) is 10.4. The number of nitrogens with zero attached hydrogens (tertiary/aromatic N) is 1. The van der Waals surface area contributed by atoms with Crippen molar-refractivity contribution in [2.45, 2.75) is 0 Å². The molecule has 3 heteroatoms. The van der Waals surface area contributed by atoms with Crippen molar-refractivity contribution >= 4 is 22.4 Å². The Hall–Kier alpha value is -2.68. The largest absolute Gasteiger partial charge is 0.321 e. The van der Waals surface area contributed by atoms with Crippen LogP contribution < -0.4 is 5.32 Å². The van der Waals surface area contributed by atoms with E-state index in [2.05, 4.69) is 17.2 Å². The first-order valence-corrected chi connectivity index (χ1v) is 6.31. The minimum absolute atomic E-state index is 0.210. The quantitative estimate of drug-likeness (QED) is 0.764. The van der Waals surface area contributed by atoms with Crippen molar-refractivity contribution in [3.63, 3.8) is 0 Å². The molecule has 0 fully saturated rings. The number of benzene rings is 2. The number of pyridine rings is 1. The topological polar surface area (TPSA) is 42.0 Å². The average molecular weight is 261 g/mol. The molecule has 3 nitrogen and oxygen atoms in total. The maximum atomic E-state index is 12.3. The highest BCUT2D eigenvalue weighted by Crippen LogP contribution is 2.18. The Kier molecular flexibility index (Phi) is 3.17. The Morgan fingerprint density at radius 1 is 1.00 bits per heavy atom. The van der Waals surface area contributed by atoms with E-state index in [1.807, 2.05) is 54.6 Å². The highest BCUT2D eigenvalue weighted by molar-refractivity contribution is 6.11. The molecule has 2 aromatic carbocycles. The summed E-state index contributed by atoms with van der Waals surface area (Å²) in [6.45, 7) is 3.81. The van der Waals surface area contributed by atoms with E-state index in [-0.39, 0.29) is 5.91 Å². The molecule has 0 saturated heterocycles. The van der Waals surface area contributed by atoms with Gasteiger partial charge in [-0.3, -0.25) is 9.78 Å². The summed E-state index contributed by atoms with van der Waals surface area (Å²) < 4.78 is 0. The van der Waals surface area contributed by atoms with Crippen LogP contribution in [0.5, 0.6) is 0 Å². The van der Waals surface area contributed by atoms with Crippen LogP contribution in [0.2, 0.25) is 0 Å². The summed E-state index contributed by atoms with van der Waals surface area (Å²) in [5.41, 5.74) is 2.07. The van der Waals surface area contributed by atoms with Crippen molar-refractivity contribution in [1.29, 1.82) is 0 Å². The van der Waals surface area contributed by atoms with Gasteiger partial charge in [0.05, 0.1) is 0 Å². The smallest absolute Gasteiger partial charge is 0.274 e. The van der Waals surface area contributed by atoms with Crippen LogP contribution in [0.4, 0.5) is 5.69 Å². The third-order valence-electron chi connectivity index (χ3n) is 3.10. The molecule has 0 aliphatic rings. The van der Waals surface area contributed by atoms with Gasteiger partial charge in [-0.2, -0.15) is 0 Å². The zero-order valence-electron chi connectivity index (χ0n) is 10.8. The van der Waals surface area contributed by atoms with Crippen LogP contribution in [-0.2, 0) is 0 Å². The highest BCUT2D eigenvalue weighted by atomic mass is 16.1. The maximum Gasteiger partial charge on any atom is 0.274 e. The average Bonchev–Trinajstić information content (AvgIpc) is 2.49. The predicted octanol–water partition coefficient (Wildman–Crippen LogP) is 3.67. The van der Waals surface area contributed by atoms with Crippen LogP contribution >= 0.6 is 0 Å². The minimum atomic E-state index is -0.210. The molecule has 0 aliphatic heterocycles. The molecule has 3 rings (SSSR count). The van der Waals surface area contributed by atoms with Gasteiger partial charge in [0.25, 0.3) is 5.91 Å². The van der Waals surface area contributed by atoms with Crippen LogP contribution in [0.15, 0.2) is 60.8 Å². The number of hydrogen-bond acceptors (Lipinski definition) is 2. The van der Waals surface area contributed by atoms with Crippen molar-refractivity contribution in [1.82, 2.24) is 4.98 Å². The number of nitrogens with one attached hydrogen (secondary N) is 1.